The van der Waals surface area contributed by atoms with E-state index in [1.54, 1.807) is 20.8 Å². The van der Waals surface area contributed by atoms with Gasteiger partial charge in [0.2, 0.25) is 5.91 Å². The van der Waals surface area contributed by atoms with Crippen molar-refractivity contribution in [2.24, 2.45) is 5.92 Å². The van der Waals surface area contributed by atoms with Crippen molar-refractivity contribution in [3.63, 3.8) is 0 Å². The maximum absolute atomic E-state index is 11.7. The summed E-state index contributed by atoms with van der Waals surface area (Å²) in [6.07, 6.45) is 0.145. The summed E-state index contributed by atoms with van der Waals surface area (Å²) in [5.41, 5.74) is -0.657. The quantitative estimate of drug-likeness (QED) is 0.768. The molecule has 2 N–H and O–H groups in total. The fourth-order valence-corrected chi connectivity index (χ4v) is 1.96. The Hall–Kier alpha value is -1.79. The molecule has 0 aromatic rings. The standard InChI is InChI=1S/C13H22N2O5.C2H6/c1-13(2,3)20-12(18)15-9(11(17)19-4)7-8-5-6-14-10(8)16;1-2/h8-9H,5-7H2,1-4H3,(H,14,16)(H,15,18);1-2H3. The molecule has 2 amide bonds. The highest BCUT2D eigenvalue weighted by Crippen LogP contribution is 2.17. The number of amides is 2. The van der Waals surface area contributed by atoms with Crippen LogP contribution in [0.25, 0.3) is 0 Å². The van der Waals surface area contributed by atoms with Crippen LogP contribution in [0, 0.1) is 5.92 Å². The maximum atomic E-state index is 11.7. The molecule has 0 spiro atoms. The van der Waals surface area contributed by atoms with Crippen molar-refractivity contribution in [2.45, 2.75) is 59.1 Å². The summed E-state index contributed by atoms with van der Waals surface area (Å²) >= 11 is 0. The van der Waals surface area contributed by atoms with Crippen LogP contribution < -0.4 is 10.6 Å². The van der Waals surface area contributed by atoms with Crippen molar-refractivity contribution in [3.8, 4) is 0 Å². The molecule has 128 valence electrons. The molecule has 0 radical (unpaired) electrons. The van der Waals surface area contributed by atoms with Gasteiger partial charge in [-0.1, -0.05) is 13.8 Å². The molecular formula is C15H28N2O5. The second-order valence-electron chi connectivity index (χ2n) is 5.73. The van der Waals surface area contributed by atoms with Gasteiger partial charge in [-0.15, -0.1) is 0 Å². The lowest BCUT2D eigenvalue weighted by atomic mass is 9.98. The second-order valence-corrected chi connectivity index (χ2v) is 5.73. The number of methoxy groups -OCH3 is 1. The van der Waals surface area contributed by atoms with E-state index in [9.17, 15) is 14.4 Å². The Balaban J connectivity index is 0.00000211. The Bertz CT molecular complexity index is 390. The minimum Gasteiger partial charge on any atom is -0.467 e. The van der Waals surface area contributed by atoms with E-state index in [4.69, 9.17) is 4.74 Å². The van der Waals surface area contributed by atoms with Crippen LogP contribution in [0.5, 0.6) is 0 Å². The number of hydrogen-bond donors (Lipinski definition) is 2. The van der Waals surface area contributed by atoms with E-state index in [-0.39, 0.29) is 18.2 Å². The van der Waals surface area contributed by atoms with Gasteiger partial charge in [-0.05, 0) is 33.6 Å². The van der Waals surface area contributed by atoms with Gasteiger partial charge in [0, 0.05) is 12.5 Å². The van der Waals surface area contributed by atoms with E-state index < -0.39 is 23.7 Å². The van der Waals surface area contributed by atoms with E-state index >= 15 is 0 Å². The Morgan fingerprint density at radius 2 is 1.95 bits per heavy atom. The van der Waals surface area contributed by atoms with Crippen LogP contribution >= 0.6 is 0 Å². The van der Waals surface area contributed by atoms with Gasteiger partial charge in [0.1, 0.15) is 11.6 Å². The van der Waals surface area contributed by atoms with Gasteiger partial charge in [0.05, 0.1) is 7.11 Å². The van der Waals surface area contributed by atoms with Crippen molar-refractivity contribution in [2.75, 3.05) is 13.7 Å². The third-order valence-corrected chi connectivity index (χ3v) is 2.86. The lowest BCUT2D eigenvalue weighted by molar-refractivity contribution is -0.143. The number of esters is 1. The summed E-state index contributed by atoms with van der Waals surface area (Å²) in [6, 6.07) is -0.885. The number of nitrogens with one attached hydrogen (secondary N) is 2. The van der Waals surface area contributed by atoms with E-state index in [0.29, 0.717) is 13.0 Å². The molecule has 2 atom stereocenters. The first-order valence-corrected chi connectivity index (χ1v) is 7.58. The molecule has 0 aromatic carbocycles. The molecule has 1 rings (SSSR count). The van der Waals surface area contributed by atoms with Crippen LogP contribution in [0.15, 0.2) is 0 Å². The van der Waals surface area contributed by atoms with Crippen molar-refractivity contribution >= 4 is 18.0 Å². The zero-order valence-electron chi connectivity index (χ0n) is 14.3. The first kappa shape index (κ1) is 20.2. The van der Waals surface area contributed by atoms with Crippen LogP contribution in [0.2, 0.25) is 0 Å². The molecule has 7 nitrogen and oxygen atoms in total. The topological polar surface area (TPSA) is 93.7 Å². The SMILES string of the molecule is CC.COC(=O)C(CC1CCNC1=O)NC(=O)OC(C)(C)C. The zero-order chi connectivity index (χ0) is 17.3. The maximum Gasteiger partial charge on any atom is 0.408 e. The normalized spacial score (nSPS) is 18.5. The summed E-state index contributed by atoms with van der Waals surface area (Å²) in [7, 11) is 1.24. The second kappa shape index (κ2) is 9.27. The Kier molecular flexibility index (Phi) is 8.52. The molecule has 0 aliphatic carbocycles. The highest BCUT2D eigenvalue weighted by molar-refractivity contribution is 5.84. The Morgan fingerprint density at radius 1 is 1.36 bits per heavy atom. The summed E-state index contributed by atoms with van der Waals surface area (Å²) < 4.78 is 9.74. The van der Waals surface area contributed by atoms with Gasteiger partial charge in [-0.2, -0.15) is 0 Å². The first-order chi connectivity index (χ1) is 10.2. The molecule has 0 saturated carbocycles. The molecule has 1 aliphatic rings. The zero-order valence-corrected chi connectivity index (χ0v) is 14.3. The lowest BCUT2D eigenvalue weighted by Crippen LogP contribution is -2.45. The molecule has 1 heterocycles. The third-order valence-electron chi connectivity index (χ3n) is 2.86. The summed E-state index contributed by atoms with van der Waals surface area (Å²) in [5, 5.41) is 5.14. The van der Waals surface area contributed by atoms with Crippen molar-refractivity contribution in [1.29, 1.82) is 0 Å². The van der Waals surface area contributed by atoms with Crippen LogP contribution in [0.3, 0.4) is 0 Å². The minimum absolute atomic E-state index is 0.107. The fraction of sp³-hybridized carbons (Fsp3) is 0.800. The van der Waals surface area contributed by atoms with Gasteiger partial charge < -0.3 is 20.1 Å². The largest absolute Gasteiger partial charge is 0.467 e. The van der Waals surface area contributed by atoms with Gasteiger partial charge in [-0.3, -0.25) is 4.79 Å². The molecule has 1 aliphatic heterocycles. The predicted octanol–water partition coefficient (Wildman–Crippen LogP) is 1.61. The van der Waals surface area contributed by atoms with E-state index in [2.05, 4.69) is 15.4 Å². The Labute approximate surface area is 132 Å². The minimum atomic E-state index is -0.885. The highest BCUT2D eigenvalue weighted by atomic mass is 16.6. The van der Waals surface area contributed by atoms with E-state index in [0.717, 1.165) is 0 Å². The fourth-order valence-electron chi connectivity index (χ4n) is 1.96. The van der Waals surface area contributed by atoms with Gasteiger partial charge >= 0.3 is 12.1 Å². The number of hydrogen-bond acceptors (Lipinski definition) is 5. The van der Waals surface area contributed by atoms with Crippen molar-refractivity contribution < 1.29 is 23.9 Å². The van der Waals surface area contributed by atoms with Crippen LogP contribution in [0.4, 0.5) is 4.79 Å². The van der Waals surface area contributed by atoms with E-state index in [1.807, 2.05) is 13.8 Å². The molecule has 0 aromatic heterocycles. The number of rotatable bonds is 4. The molecule has 1 fully saturated rings. The smallest absolute Gasteiger partial charge is 0.408 e. The molecule has 0 bridgehead atoms. The summed E-state index contributed by atoms with van der Waals surface area (Å²) in [4.78, 5) is 34.9. The number of carbonyl (C=O) groups is 3. The number of ether oxygens (including phenoxy) is 2. The average molecular weight is 316 g/mol. The summed E-state index contributed by atoms with van der Waals surface area (Å²) in [6.45, 7) is 9.77. The first-order valence-electron chi connectivity index (χ1n) is 7.58. The van der Waals surface area contributed by atoms with Crippen LogP contribution in [-0.4, -0.2) is 43.3 Å². The van der Waals surface area contributed by atoms with Gasteiger partial charge in [0.25, 0.3) is 0 Å². The molecule has 2 unspecified atom stereocenters. The van der Waals surface area contributed by atoms with Gasteiger partial charge in [-0.25, -0.2) is 9.59 Å². The van der Waals surface area contributed by atoms with E-state index in [1.165, 1.54) is 7.11 Å². The van der Waals surface area contributed by atoms with Crippen LogP contribution in [-0.2, 0) is 19.1 Å². The summed E-state index contributed by atoms with van der Waals surface area (Å²) in [5.74, 6) is -0.991. The monoisotopic (exact) mass is 316 g/mol. The number of alkyl carbamates (subject to hydrolysis) is 1. The lowest BCUT2D eigenvalue weighted by Gasteiger charge is -2.23. The Morgan fingerprint density at radius 3 is 2.36 bits per heavy atom. The van der Waals surface area contributed by atoms with Gasteiger partial charge in [0.15, 0.2) is 0 Å². The highest BCUT2D eigenvalue weighted by Gasteiger charge is 2.32. The predicted molar refractivity (Wildman–Crippen MR) is 82.3 cm³/mol. The van der Waals surface area contributed by atoms with Crippen molar-refractivity contribution in [3.05, 3.63) is 0 Å². The third kappa shape index (κ3) is 7.28. The average Bonchev–Trinajstić information content (AvgIpc) is 2.83. The number of carbonyl (C=O) groups excluding carboxylic acids is 3. The van der Waals surface area contributed by atoms with Crippen LogP contribution in [0.1, 0.15) is 47.5 Å². The molecule has 22 heavy (non-hydrogen) atoms. The van der Waals surface area contributed by atoms with Crippen molar-refractivity contribution in [1.82, 2.24) is 10.6 Å². The molecule has 1 saturated heterocycles. The molecular weight excluding hydrogens is 288 g/mol. The molecule has 7 heteroatoms.